The third kappa shape index (κ3) is 5.78. The number of pyridine rings is 1. The number of carbonyl (C=O) groups excluding carboxylic acids is 2. The third-order valence-corrected chi connectivity index (χ3v) is 5.37. The van der Waals surface area contributed by atoms with Crippen LogP contribution in [0.1, 0.15) is 29.9 Å². The van der Waals surface area contributed by atoms with Crippen molar-refractivity contribution >= 4 is 23.4 Å². The fourth-order valence-corrected chi connectivity index (χ4v) is 3.51. The summed E-state index contributed by atoms with van der Waals surface area (Å²) >= 11 is 5.89. The van der Waals surface area contributed by atoms with Gasteiger partial charge in [0.05, 0.1) is 5.69 Å². The van der Waals surface area contributed by atoms with Crippen molar-refractivity contribution in [2.45, 2.75) is 26.4 Å². The number of nitrogens with one attached hydrogen (secondary N) is 1. The first-order valence-electron chi connectivity index (χ1n) is 9.91. The lowest BCUT2D eigenvalue weighted by Gasteiger charge is -2.37. The number of piperazine rings is 1. The summed E-state index contributed by atoms with van der Waals surface area (Å²) in [5.41, 5.74) is 1.52. The molecule has 1 atom stereocenters. The predicted molar refractivity (Wildman–Crippen MR) is 114 cm³/mol. The molecule has 1 N–H and O–H groups in total. The SMILES string of the molecule is CC(C)[C@H](NC(=O)c1ccc(Cl)cc1)C(=O)N1CCN(Cc2ccccn2)CC1. The molecule has 0 spiro atoms. The van der Waals surface area contributed by atoms with E-state index in [1.165, 1.54) is 0 Å². The minimum Gasteiger partial charge on any atom is -0.340 e. The van der Waals surface area contributed by atoms with E-state index in [2.05, 4.69) is 15.2 Å². The molecule has 1 aromatic heterocycles. The molecule has 0 bridgehead atoms. The van der Waals surface area contributed by atoms with E-state index in [1.54, 1.807) is 30.5 Å². The number of hydrogen-bond donors (Lipinski definition) is 1. The highest BCUT2D eigenvalue weighted by Gasteiger charge is 2.31. The van der Waals surface area contributed by atoms with Crippen molar-refractivity contribution < 1.29 is 9.59 Å². The monoisotopic (exact) mass is 414 g/mol. The van der Waals surface area contributed by atoms with Crippen LogP contribution in [0.4, 0.5) is 0 Å². The molecule has 6 nitrogen and oxygen atoms in total. The molecule has 0 aliphatic carbocycles. The largest absolute Gasteiger partial charge is 0.340 e. The molecule has 1 saturated heterocycles. The second kappa shape index (κ2) is 9.85. The summed E-state index contributed by atoms with van der Waals surface area (Å²) in [6.45, 7) is 7.54. The molecule has 0 radical (unpaired) electrons. The Bertz CT molecular complexity index is 818. The van der Waals surface area contributed by atoms with Gasteiger partial charge in [-0.1, -0.05) is 31.5 Å². The summed E-state index contributed by atoms with van der Waals surface area (Å²) in [7, 11) is 0. The van der Waals surface area contributed by atoms with E-state index in [-0.39, 0.29) is 17.7 Å². The van der Waals surface area contributed by atoms with Crippen LogP contribution in [0.3, 0.4) is 0 Å². The van der Waals surface area contributed by atoms with Crippen LogP contribution in [0.25, 0.3) is 0 Å². The van der Waals surface area contributed by atoms with Crippen LogP contribution in [0.15, 0.2) is 48.7 Å². The van der Waals surface area contributed by atoms with E-state index in [9.17, 15) is 9.59 Å². The number of benzene rings is 1. The standard InChI is InChI=1S/C22H27ClN4O2/c1-16(2)20(25-21(28)17-6-8-18(23)9-7-17)22(29)27-13-11-26(12-14-27)15-19-5-3-4-10-24-19/h3-10,16,20H,11-15H2,1-2H3,(H,25,28)/t20-/m0/s1. The van der Waals surface area contributed by atoms with Crippen molar-refractivity contribution in [1.82, 2.24) is 20.1 Å². The summed E-state index contributed by atoms with van der Waals surface area (Å²) in [6.07, 6.45) is 1.80. The molecule has 1 aliphatic heterocycles. The molecular weight excluding hydrogens is 388 g/mol. The number of rotatable bonds is 6. The fraction of sp³-hybridized carbons (Fsp3) is 0.409. The predicted octanol–water partition coefficient (Wildman–Crippen LogP) is 2.83. The highest BCUT2D eigenvalue weighted by molar-refractivity contribution is 6.30. The molecule has 29 heavy (non-hydrogen) atoms. The topological polar surface area (TPSA) is 65.5 Å². The zero-order chi connectivity index (χ0) is 20.8. The molecular formula is C22H27ClN4O2. The molecule has 1 aromatic carbocycles. The van der Waals surface area contributed by atoms with Crippen LogP contribution < -0.4 is 5.32 Å². The number of hydrogen-bond acceptors (Lipinski definition) is 4. The Morgan fingerprint density at radius 1 is 1.07 bits per heavy atom. The lowest BCUT2D eigenvalue weighted by molar-refractivity contribution is -0.136. The molecule has 154 valence electrons. The van der Waals surface area contributed by atoms with Crippen molar-refractivity contribution in [3.63, 3.8) is 0 Å². The van der Waals surface area contributed by atoms with Gasteiger partial charge in [0, 0.05) is 49.5 Å². The van der Waals surface area contributed by atoms with Gasteiger partial charge in [-0.3, -0.25) is 19.5 Å². The van der Waals surface area contributed by atoms with Gasteiger partial charge in [0.15, 0.2) is 0 Å². The minimum atomic E-state index is -0.555. The molecule has 0 unspecified atom stereocenters. The first-order chi connectivity index (χ1) is 13.9. The minimum absolute atomic E-state index is 0.00898. The summed E-state index contributed by atoms with van der Waals surface area (Å²) < 4.78 is 0. The van der Waals surface area contributed by atoms with Gasteiger partial charge >= 0.3 is 0 Å². The van der Waals surface area contributed by atoms with Gasteiger partial charge in [0.25, 0.3) is 5.91 Å². The third-order valence-electron chi connectivity index (χ3n) is 5.12. The van der Waals surface area contributed by atoms with Gasteiger partial charge < -0.3 is 10.2 Å². The number of amides is 2. The van der Waals surface area contributed by atoms with Gasteiger partial charge in [-0.15, -0.1) is 0 Å². The van der Waals surface area contributed by atoms with Crippen molar-refractivity contribution in [1.29, 1.82) is 0 Å². The lowest BCUT2D eigenvalue weighted by atomic mass is 10.0. The summed E-state index contributed by atoms with van der Waals surface area (Å²) in [6, 6.07) is 12.0. The van der Waals surface area contributed by atoms with Crippen LogP contribution in [0.5, 0.6) is 0 Å². The Balaban J connectivity index is 1.57. The van der Waals surface area contributed by atoms with Crippen molar-refractivity contribution in [2.75, 3.05) is 26.2 Å². The zero-order valence-corrected chi connectivity index (χ0v) is 17.6. The highest BCUT2D eigenvalue weighted by Crippen LogP contribution is 2.14. The maximum Gasteiger partial charge on any atom is 0.251 e. The smallest absolute Gasteiger partial charge is 0.251 e. The maximum atomic E-state index is 13.1. The Morgan fingerprint density at radius 2 is 1.76 bits per heavy atom. The average Bonchev–Trinajstić information content (AvgIpc) is 2.73. The fourth-order valence-electron chi connectivity index (χ4n) is 3.38. The lowest BCUT2D eigenvalue weighted by Crippen LogP contribution is -2.56. The Hall–Kier alpha value is -2.44. The van der Waals surface area contributed by atoms with E-state index in [4.69, 9.17) is 11.6 Å². The summed E-state index contributed by atoms with van der Waals surface area (Å²) in [5.74, 6) is -0.299. The number of halogens is 1. The molecule has 2 aromatic rings. The molecule has 3 rings (SSSR count). The van der Waals surface area contributed by atoms with E-state index in [0.29, 0.717) is 23.7 Å². The van der Waals surface area contributed by atoms with Gasteiger partial charge in [-0.2, -0.15) is 0 Å². The quantitative estimate of drug-likeness (QED) is 0.789. The number of carbonyl (C=O) groups is 2. The summed E-state index contributed by atoms with van der Waals surface area (Å²) in [5, 5.41) is 3.47. The normalized spacial score (nSPS) is 15.9. The Morgan fingerprint density at radius 3 is 2.34 bits per heavy atom. The highest BCUT2D eigenvalue weighted by atomic mass is 35.5. The van der Waals surface area contributed by atoms with E-state index < -0.39 is 6.04 Å². The van der Waals surface area contributed by atoms with Crippen LogP contribution >= 0.6 is 11.6 Å². The number of nitrogens with zero attached hydrogens (tertiary/aromatic N) is 3. The molecule has 2 amide bonds. The molecule has 2 heterocycles. The molecule has 7 heteroatoms. The van der Waals surface area contributed by atoms with E-state index in [0.717, 1.165) is 25.3 Å². The number of aromatic nitrogens is 1. The van der Waals surface area contributed by atoms with E-state index in [1.807, 2.05) is 36.9 Å². The molecule has 0 saturated carbocycles. The van der Waals surface area contributed by atoms with E-state index >= 15 is 0 Å². The van der Waals surface area contributed by atoms with Crippen LogP contribution in [0, 0.1) is 5.92 Å². The molecule has 1 aliphatic rings. The summed E-state index contributed by atoms with van der Waals surface area (Å²) in [4.78, 5) is 34.2. The Labute approximate surface area is 176 Å². The first-order valence-corrected chi connectivity index (χ1v) is 10.3. The second-order valence-corrected chi connectivity index (χ2v) is 8.06. The van der Waals surface area contributed by atoms with Crippen LogP contribution in [-0.2, 0) is 11.3 Å². The zero-order valence-electron chi connectivity index (χ0n) is 16.8. The molecule has 1 fully saturated rings. The Kier molecular flexibility index (Phi) is 7.23. The van der Waals surface area contributed by atoms with Crippen molar-refractivity contribution in [2.24, 2.45) is 5.92 Å². The van der Waals surface area contributed by atoms with Gasteiger partial charge in [0.1, 0.15) is 6.04 Å². The average molecular weight is 415 g/mol. The van der Waals surface area contributed by atoms with Crippen LogP contribution in [-0.4, -0.2) is 58.8 Å². The second-order valence-electron chi connectivity index (χ2n) is 7.62. The van der Waals surface area contributed by atoms with Gasteiger partial charge in [-0.05, 0) is 42.3 Å². The maximum absolute atomic E-state index is 13.1. The first kappa shape index (κ1) is 21.3. The van der Waals surface area contributed by atoms with Gasteiger partial charge in [-0.25, -0.2) is 0 Å². The van der Waals surface area contributed by atoms with Crippen molar-refractivity contribution in [3.05, 3.63) is 64.9 Å². The van der Waals surface area contributed by atoms with Crippen molar-refractivity contribution in [3.8, 4) is 0 Å². The van der Waals surface area contributed by atoms with Gasteiger partial charge in [0.2, 0.25) is 5.91 Å². The van der Waals surface area contributed by atoms with Crippen LogP contribution in [0.2, 0.25) is 5.02 Å².